The molecule has 1 aliphatic heterocycles. The summed E-state index contributed by atoms with van der Waals surface area (Å²) < 4.78 is 5.38. The number of anilines is 2. The summed E-state index contributed by atoms with van der Waals surface area (Å²) in [6.07, 6.45) is 0. The van der Waals surface area contributed by atoms with Gasteiger partial charge in [-0.2, -0.15) is 0 Å². The number of carbonyl (C=O) groups is 2. The van der Waals surface area contributed by atoms with Gasteiger partial charge in [-0.3, -0.25) is 14.5 Å². The predicted molar refractivity (Wildman–Crippen MR) is 111 cm³/mol. The van der Waals surface area contributed by atoms with Crippen molar-refractivity contribution in [1.82, 2.24) is 10.1 Å². The van der Waals surface area contributed by atoms with Crippen molar-refractivity contribution in [2.45, 2.75) is 13.8 Å². The van der Waals surface area contributed by atoms with E-state index in [0.29, 0.717) is 39.4 Å². The summed E-state index contributed by atoms with van der Waals surface area (Å²) in [5.74, 6) is -0.529. The third kappa shape index (κ3) is 2.89. The van der Waals surface area contributed by atoms with Gasteiger partial charge < -0.3 is 9.84 Å². The molecule has 1 N–H and O–H groups in total. The number of fused-ring (bicyclic) bond motifs is 2. The van der Waals surface area contributed by atoms with E-state index < -0.39 is 0 Å². The Bertz CT molecular complexity index is 1290. The number of carbonyl (C=O) groups excluding carboxylic acids is 2. The lowest BCUT2D eigenvalue weighted by Crippen LogP contribution is -2.42. The van der Waals surface area contributed by atoms with Gasteiger partial charge in [-0.15, -0.1) is 11.3 Å². The van der Waals surface area contributed by atoms with Gasteiger partial charge >= 0.3 is 0 Å². The van der Waals surface area contributed by atoms with E-state index in [1.165, 1.54) is 4.90 Å². The number of nitrogens with one attached hydrogen (secondary N) is 1. The lowest BCUT2D eigenvalue weighted by Gasteiger charge is -2.29. The van der Waals surface area contributed by atoms with Gasteiger partial charge in [0, 0.05) is 4.88 Å². The second kappa shape index (κ2) is 6.52. The Balaban J connectivity index is 1.69. The summed E-state index contributed by atoms with van der Waals surface area (Å²) in [5.41, 5.74) is 3.22. The second-order valence-corrected chi connectivity index (χ2v) is 8.16. The van der Waals surface area contributed by atoms with Gasteiger partial charge in [-0.1, -0.05) is 17.3 Å². The van der Waals surface area contributed by atoms with Crippen molar-refractivity contribution in [1.29, 1.82) is 0 Å². The van der Waals surface area contributed by atoms with Gasteiger partial charge in [0.25, 0.3) is 11.6 Å². The minimum Gasteiger partial charge on any atom is -0.335 e. The van der Waals surface area contributed by atoms with E-state index in [1.54, 1.807) is 30.4 Å². The van der Waals surface area contributed by atoms with Gasteiger partial charge in [0.1, 0.15) is 6.54 Å². The number of nitrogens with zero attached hydrogens (tertiary/aromatic N) is 3. The molecule has 2 amide bonds. The van der Waals surface area contributed by atoms with E-state index >= 15 is 0 Å². The average molecular weight is 404 g/mol. The van der Waals surface area contributed by atoms with Crippen molar-refractivity contribution in [3.63, 3.8) is 0 Å². The molecule has 4 aromatic rings. The van der Waals surface area contributed by atoms with Gasteiger partial charge in [0.05, 0.1) is 38.6 Å². The fourth-order valence-electron chi connectivity index (χ4n) is 3.52. The summed E-state index contributed by atoms with van der Waals surface area (Å²) in [4.78, 5) is 33.9. The maximum absolute atomic E-state index is 13.6. The molecule has 0 spiro atoms. The van der Waals surface area contributed by atoms with Crippen LogP contribution >= 0.6 is 11.3 Å². The number of hydrogen-bond acceptors (Lipinski definition) is 6. The average Bonchev–Trinajstić information content (AvgIpc) is 3.32. The van der Waals surface area contributed by atoms with Crippen LogP contribution in [0.1, 0.15) is 20.9 Å². The highest BCUT2D eigenvalue weighted by atomic mass is 32.1. The fraction of sp³-hybridized carbons (Fsp3) is 0.143. The zero-order chi connectivity index (χ0) is 20.1. The number of aromatic nitrogens is 2. The Morgan fingerprint density at radius 2 is 2.03 bits per heavy atom. The molecular weight excluding hydrogens is 388 g/mol. The molecule has 0 aliphatic carbocycles. The van der Waals surface area contributed by atoms with Crippen LogP contribution in [0, 0.1) is 13.8 Å². The molecule has 3 aromatic heterocycles. The molecule has 0 atom stereocenters. The highest BCUT2D eigenvalue weighted by Gasteiger charge is 2.30. The number of amides is 2. The van der Waals surface area contributed by atoms with Crippen LogP contribution in [0.3, 0.4) is 0 Å². The molecule has 8 heteroatoms. The predicted octanol–water partition coefficient (Wildman–Crippen LogP) is 4.17. The number of thiophene rings is 1. The molecule has 5 rings (SSSR count). The number of benzene rings is 1. The Hall–Kier alpha value is -3.52. The van der Waals surface area contributed by atoms with Crippen LogP contribution in [0.15, 0.2) is 47.0 Å². The SMILES string of the molecule is Cc1ccc(-c2cc(C(=O)N3CC(=O)Nc4ccccc43)c3c(C)noc3n2)s1. The van der Waals surface area contributed by atoms with Crippen LogP contribution in [0.25, 0.3) is 21.7 Å². The first-order chi connectivity index (χ1) is 14.0. The molecule has 0 saturated carbocycles. The largest absolute Gasteiger partial charge is 0.335 e. The maximum Gasteiger partial charge on any atom is 0.259 e. The minimum absolute atomic E-state index is 0.0581. The van der Waals surface area contributed by atoms with Crippen LogP contribution in [0.5, 0.6) is 0 Å². The third-order valence-corrected chi connectivity index (χ3v) is 5.88. The van der Waals surface area contributed by atoms with Crippen molar-refractivity contribution in [3.8, 4) is 10.6 Å². The Morgan fingerprint density at radius 1 is 1.21 bits per heavy atom. The van der Waals surface area contributed by atoms with E-state index in [-0.39, 0.29) is 18.4 Å². The normalized spacial score (nSPS) is 13.4. The summed E-state index contributed by atoms with van der Waals surface area (Å²) in [6, 6.07) is 13.0. The molecule has 0 saturated heterocycles. The number of hydrogen-bond donors (Lipinski definition) is 1. The van der Waals surface area contributed by atoms with Crippen LogP contribution in [0.2, 0.25) is 0 Å². The van der Waals surface area contributed by atoms with Gasteiger partial charge in [-0.25, -0.2) is 4.98 Å². The van der Waals surface area contributed by atoms with E-state index in [2.05, 4.69) is 15.5 Å². The van der Waals surface area contributed by atoms with Gasteiger partial charge in [0.15, 0.2) is 0 Å². The van der Waals surface area contributed by atoms with Crippen LogP contribution < -0.4 is 10.2 Å². The molecule has 29 heavy (non-hydrogen) atoms. The van der Waals surface area contributed by atoms with Crippen LogP contribution in [-0.2, 0) is 4.79 Å². The molecule has 0 radical (unpaired) electrons. The van der Waals surface area contributed by atoms with Crippen molar-refractivity contribution in [3.05, 3.63) is 58.6 Å². The Kier molecular flexibility index (Phi) is 3.95. The van der Waals surface area contributed by atoms with E-state index in [4.69, 9.17) is 4.52 Å². The summed E-state index contributed by atoms with van der Waals surface area (Å²) in [5, 5.41) is 7.37. The molecule has 4 heterocycles. The lowest BCUT2D eigenvalue weighted by atomic mass is 10.1. The first-order valence-electron chi connectivity index (χ1n) is 9.06. The van der Waals surface area contributed by atoms with Gasteiger partial charge in [0.2, 0.25) is 5.91 Å². The number of aryl methyl sites for hydroxylation is 2. The standard InChI is InChI=1S/C21H16N4O3S/c1-11-7-8-17(29-11)15-9-13(19-12(2)24-28-20(19)23-15)21(27)25-10-18(26)22-14-5-3-4-6-16(14)25/h3-9H,10H2,1-2H3,(H,22,26). The first kappa shape index (κ1) is 17.6. The lowest BCUT2D eigenvalue weighted by molar-refractivity contribution is -0.115. The van der Waals surface area contributed by atoms with Crippen molar-refractivity contribution in [2.75, 3.05) is 16.8 Å². The quantitative estimate of drug-likeness (QED) is 0.542. The van der Waals surface area contributed by atoms with Crippen LogP contribution in [-0.4, -0.2) is 28.5 Å². The molecule has 0 unspecified atom stereocenters. The summed E-state index contributed by atoms with van der Waals surface area (Å²) in [7, 11) is 0. The zero-order valence-electron chi connectivity index (χ0n) is 15.7. The Labute approximate surface area is 170 Å². The highest BCUT2D eigenvalue weighted by Crippen LogP contribution is 2.34. The topological polar surface area (TPSA) is 88.3 Å². The molecule has 144 valence electrons. The van der Waals surface area contributed by atoms with Crippen molar-refractivity contribution < 1.29 is 14.1 Å². The summed E-state index contributed by atoms with van der Waals surface area (Å²) >= 11 is 1.59. The van der Waals surface area contributed by atoms with Crippen LogP contribution in [0.4, 0.5) is 11.4 Å². The molecule has 0 bridgehead atoms. The molecular formula is C21H16N4O3S. The van der Waals surface area contributed by atoms with Gasteiger partial charge in [-0.05, 0) is 44.2 Å². The Morgan fingerprint density at radius 3 is 2.83 bits per heavy atom. The second-order valence-electron chi connectivity index (χ2n) is 6.87. The zero-order valence-corrected chi connectivity index (χ0v) is 16.5. The number of para-hydroxylation sites is 2. The highest BCUT2D eigenvalue weighted by molar-refractivity contribution is 7.15. The molecule has 1 aliphatic rings. The monoisotopic (exact) mass is 404 g/mol. The first-order valence-corrected chi connectivity index (χ1v) is 9.87. The molecule has 1 aromatic carbocycles. The van der Waals surface area contributed by atoms with Crippen molar-refractivity contribution >= 4 is 45.6 Å². The smallest absolute Gasteiger partial charge is 0.259 e. The van der Waals surface area contributed by atoms with E-state index in [9.17, 15) is 9.59 Å². The number of rotatable bonds is 2. The van der Waals surface area contributed by atoms with E-state index in [1.807, 2.05) is 37.3 Å². The molecule has 7 nitrogen and oxygen atoms in total. The maximum atomic E-state index is 13.6. The summed E-state index contributed by atoms with van der Waals surface area (Å²) in [6.45, 7) is 3.73. The fourth-order valence-corrected chi connectivity index (χ4v) is 4.35. The molecule has 0 fully saturated rings. The minimum atomic E-state index is -0.291. The van der Waals surface area contributed by atoms with Crippen molar-refractivity contribution in [2.24, 2.45) is 0 Å². The van der Waals surface area contributed by atoms with E-state index in [0.717, 1.165) is 9.75 Å². The third-order valence-electron chi connectivity index (χ3n) is 4.86. The number of pyridine rings is 1.